The summed E-state index contributed by atoms with van der Waals surface area (Å²) in [5, 5.41) is 10.9. The molecule has 0 radical (unpaired) electrons. The average Bonchev–Trinajstić information content (AvgIpc) is 2.42. The summed E-state index contributed by atoms with van der Waals surface area (Å²) in [5.74, 6) is -0.195. The van der Waals surface area contributed by atoms with Crippen LogP contribution in [0.15, 0.2) is 11.1 Å². The van der Waals surface area contributed by atoms with Gasteiger partial charge in [-0.3, -0.25) is 19.7 Å². The summed E-state index contributed by atoms with van der Waals surface area (Å²) in [6.45, 7) is 8.68. The zero-order valence-electron chi connectivity index (χ0n) is 13.7. The number of nitrogens with one attached hydrogen (secondary N) is 1. The Kier molecular flexibility index (Phi) is 6.67. The number of nitro groups is 1. The Balaban J connectivity index is 2.83. The minimum atomic E-state index is -0.923. The first kappa shape index (κ1) is 18.6. The molecule has 0 aliphatic rings. The van der Waals surface area contributed by atoms with Crippen LogP contribution in [0.4, 0.5) is 5.69 Å². The third-order valence-electron chi connectivity index (χ3n) is 2.83. The summed E-state index contributed by atoms with van der Waals surface area (Å²) in [7, 11) is 0. The van der Waals surface area contributed by atoms with Crippen LogP contribution in [0.5, 0.6) is 5.88 Å². The van der Waals surface area contributed by atoms with Crippen LogP contribution in [-0.2, 0) is 4.79 Å². The Morgan fingerprint density at radius 2 is 1.91 bits per heavy atom. The van der Waals surface area contributed by atoms with Crippen molar-refractivity contribution in [1.82, 2.24) is 14.9 Å². The molecule has 9 heteroatoms. The number of hydrogen-bond acceptors (Lipinski definition) is 6. The molecule has 1 amide bonds. The molecule has 1 heterocycles. The number of aromatic amines is 1. The first-order valence-electron chi connectivity index (χ1n) is 7.35. The highest BCUT2D eigenvalue weighted by molar-refractivity contribution is 5.77. The first-order chi connectivity index (χ1) is 10.7. The summed E-state index contributed by atoms with van der Waals surface area (Å²) in [6, 6.07) is 0. The Labute approximate surface area is 133 Å². The van der Waals surface area contributed by atoms with E-state index >= 15 is 0 Å². The van der Waals surface area contributed by atoms with E-state index in [0.717, 1.165) is 6.33 Å². The third kappa shape index (κ3) is 5.68. The van der Waals surface area contributed by atoms with Crippen molar-refractivity contribution in [2.75, 3.05) is 19.7 Å². The number of aromatic nitrogens is 2. The van der Waals surface area contributed by atoms with Gasteiger partial charge < -0.3 is 14.6 Å². The lowest BCUT2D eigenvalue weighted by Crippen LogP contribution is -2.40. The Hall–Kier alpha value is -2.45. The summed E-state index contributed by atoms with van der Waals surface area (Å²) in [6.07, 6.45) is 0.995. The molecule has 0 aliphatic carbocycles. The molecule has 23 heavy (non-hydrogen) atoms. The van der Waals surface area contributed by atoms with E-state index in [1.54, 1.807) is 4.90 Å². The summed E-state index contributed by atoms with van der Waals surface area (Å²) in [4.78, 5) is 41.1. The molecule has 0 aromatic carbocycles. The van der Waals surface area contributed by atoms with Crippen LogP contribution in [0.3, 0.4) is 0 Å². The van der Waals surface area contributed by atoms with Crippen molar-refractivity contribution in [3.8, 4) is 5.88 Å². The molecule has 128 valence electrons. The van der Waals surface area contributed by atoms with E-state index in [4.69, 9.17) is 4.74 Å². The van der Waals surface area contributed by atoms with Gasteiger partial charge in [0.15, 0.2) is 6.61 Å². The maximum Gasteiger partial charge on any atom is 0.395 e. The van der Waals surface area contributed by atoms with Crippen molar-refractivity contribution in [2.24, 2.45) is 11.8 Å². The van der Waals surface area contributed by atoms with Crippen LogP contribution in [0.1, 0.15) is 27.7 Å². The van der Waals surface area contributed by atoms with Crippen molar-refractivity contribution >= 4 is 11.6 Å². The molecule has 1 aromatic rings. The van der Waals surface area contributed by atoms with Crippen molar-refractivity contribution < 1.29 is 14.5 Å². The predicted octanol–water partition coefficient (Wildman–Crippen LogP) is 1.20. The molecule has 0 aliphatic heterocycles. The highest BCUT2D eigenvalue weighted by Gasteiger charge is 2.24. The molecule has 1 N–H and O–H groups in total. The number of nitrogens with zero attached hydrogens (tertiary/aromatic N) is 3. The Bertz CT molecular complexity index is 601. The Morgan fingerprint density at radius 1 is 1.35 bits per heavy atom. The maximum atomic E-state index is 12.3. The second kappa shape index (κ2) is 8.25. The number of ether oxygens (including phenoxy) is 1. The molecule has 9 nitrogen and oxygen atoms in total. The van der Waals surface area contributed by atoms with Gasteiger partial charge in [-0.2, -0.15) is 4.98 Å². The Morgan fingerprint density at radius 3 is 2.39 bits per heavy atom. The van der Waals surface area contributed by atoms with E-state index < -0.39 is 28.7 Å². The van der Waals surface area contributed by atoms with E-state index in [9.17, 15) is 19.7 Å². The van der Waals surface area contributed by atoms with Crippen LogP contribution >= 0.6 is 0 Å². The van der Waals surface area contributed by atoms with Gasteiger partial charge in [-0.1, -0.05) is 27.7 Å². The molecule has 0 unspecified atom stereocenters. The second-order valence-electron chi connectivity index (χ2n) is 6.02. The summed E-state index contributed by atoms with van der Waals surface area (Å²) >= 11 is 0. The van der Waals surface area contributed by atoms with Crippen LogP contribution < -0.4 is 10.3 Å². The SMILES string of the molecule is CC(C)CN(CC(C)C)C(=O)COc1nc[nH]c(=O)c1[N+](=O)[O-]. The van der Waals surface area contributed by atoms with Crippen molar-refractivity contribution in [1.29, 1.82) is 0 Å². The normalized spacial score (nSPS) is 10.9. The lowest BCUT2D eigenvalue weighted by Gasteiger charge is -2.26. The van der Waals surface area contributed by atoms with Crippen LogP contribution in [0, 0.1) is 22.0 Å². The molecular formula is C14H22N4O5. The quantitative estimate of drug-likeness (QED) is 0.566. The van der Waals surface area contributed by atoms with E-state index in [1.807, 2.05) is 27.7 Å². The summed E-state index contributed by atoms with van der Waals surface area (Å²) in [5.41, 5.74) is -1.73. The standard InChI is InChI=1S/C14H22N4O5/c1-9(2)5-17(6-10(3)4)11(19)7-23-14-12(18(21)22)13(20)15-8-16-14/h8-10H,5-7H2,1-4H3,(H,15,16,20). The zero-order valence-corrected chi connectivity index (χ0v) is 13.7. The van der Waals surface area contributed by atoms with Crippen LogP contribution in [0.2, 0.25) is 0 Å². The third-order valence-corrected chi connectivity index (χ3v) is 2.83. The fourth-order valence-electron chi connectivity index (χ4n) is 2.02. The van der Waals surface area contributed by atoms with Crippen LogP contribution in [0.25, 0.3) is 0 Å². The van der Waals surface area contributed by atoms with Gasteiger partial charge in [-0.15, -0.1) is 0 Å². The number of rotatable bonds is 8. The van der Waals surface area contributed by atoms with E-state index in [1.165, 1.54) is 0 Å². The van der Waals surface area contributed by atoms with E-state index in [0.29, 0.717) is 13.1 Å². The minimum Gasteiger partial charge on any atom is -0.463 e. The smallest absolute Gasteiger partial charge is 0.395 e. The lowest BCUT2D eigenvalue weighted by atomic mass is 10.1. The molecular weight excluding hydrogens is 304 g/mol. The highest BCUT2D eigenvalue weighted by atomic mass is 16.6. The van der Waals surface area contributed by atoms with Gasteiger partial charge in [-0.05, 0) is 11.8 Å². The number of H-pyrrole nitrogens is 1. The van der Waals surface area contributed by atoms with Gasteiger partial charge in [0.05, 0.1) is 11.3 Å². The van der Waals surface area contributed by atoms with Gasteiger partial charge >= 0.3 is 17.1 Å². The molecule has 0 saturated heterocycles. The number of carbonyl (C=O) groups excluding carboxylic acids is 1. The molecule has 1 aromatic heterocycles. The second-order valence-corrected chi connectivity index (χ2v) is 6.02. The minimum absolute atomic E-state index is 0.282. The van der Waals surface area contributed by atoms with E-state index in [-0.39, 0.29) is 17.7 Å². The highest BCUT2D eigenvalue weighted by Crippen LogP contribution is 2.17. The molecule has 0 bridgehead atoms. The van der Waals surface area contributed by atoms with Gasteiger partial charge in [0.1, 0.15) is 0 Å². The lowest BCUT2D eigenvalue weighted by molar-refractivity contribution is -0.387. The topological polar surface area (TPSA) is 118 Å². The van der Waals surface area contributed by atoms with Crippen molar-refractivity contribution in [2.45, 2.75) is 27.7 Å². The number of hydrogen-bond donors (Lipinski definition) is 1. The fraction of sp³-hybridized carbons (Fsp3) is 0.643. The predicted molar refractivity (Wildman–Crippen MR) is 83.3 cm³/mol. The van der Waals surface area contributed by atoms with E-state index in [2.05, 4.69) is 9.97 Å². The van der Waals surface area contributed by atoms with Gasteiger partial charge in [-0.25, -0.2) is 0 Å². The number of carbonyl (C=O) groups is 1. The largest absolute Gasteiger partial charge is 0.463 e. The summed E-state index contributed by atoms with van der Waals surface area (Å²) < 4.78 is 5.12. The van der Waals surface area contributed by atoms with Gasteiger partial charge in [0, 0.05) is 13.1 Å². The average molecular weight is 326 g/mol. The molecule has 0 spiro atoms. The van der Waals surface area contributed by atoms with Gasteiger partial charge in [0.25, 0.3) is 5.91 Å². The molecule has 0 saturated carbocycles. The van der Waals surface area contributed by atoms with Gasteiger partial charge in [0.2, 0.25) is 0 Å². The maximum absolute atomic E-state index is 12.3. The fourth-order valence-corrected chi connectivity index (χ4v) is 2.02. The van der Waals surface area contributed by atoms with Crippen LogP contribution in [-0.4, -0.2) is 45.4 Å². The molecule has 0 atom stereocenters. The molecule has 0 fully saturated rings. The molecule has 1 rings (SSSR count). The van der Waals surface area contributed by atoms with Crippen molar-refractivity contribution in [3.05, 3.63) is 26.8 Å². The van der Waals surface area contributed by atoms with Crippen molar-refractivity contribution in [3.63, 3.8) is 0 Å². The first-order valence-corrected chi connectivity index (χ1v) is 7.35. The number of amides is 1. The monoisotopic (exact) mass is 326 g/mol. The zero-order chi connectivity index (χ0) is 17.6.